The minimum atomic E-state index is -0.419. The lowest BCUT2D eigenvalue weighted by molar-refractivity contribution is -0.384. The van der Waals surface area contributed by atoms with Crippen LogP contribution in [0.3, 0.4) is 0 Å². The number of hydrogen-bond acceptors (Lipinski definition) is 3. The molecular formula is C16H10N2O3. The molecule has 0 fully saturated rings. The highest BCUT2D eigenvalue weighted by Crippen LogP contribution is 2.38. The van der Waals surface area contributed by atoms with E-state index in [0.29, 0.717) is 5.56 Å². The molecule has 5 nitrogen and oxygen atoms in total. The van der Waals surface area contributed by atoms with Gasteiger partial charge in [-0.25, -0.2) is 0 Å². The van der Waals surface area contributed by atoms with Crippen molar-refractivity contribution >= 4 is 22.4 Å². The molecule has 5 heteroatoms. The molecule has 0 atom stereocenters. The Morgan fingerprint density at radius 3 is 2.81 bits per heavy atom. The Balaban J connectivity index is 2.05. The van der Waals surface area contributed by atoms with Crippen molar-refractivity contribution in [3.63, 3.8) is 0 Å². The first-order valence-corrected chi connectivity index (χ1v) is 6.57. The number of nitrogens with one attached hydrogen (secondary N) is 1. The fourth-order valence-electron chi connectivity index (χ4n) is 2.96. The molecule has 21 heavy (non-hydrogen) atoms. The molecule has 4 rings (SSSR count). The maximum absolute atomic E-state index is 12.3. The summed E-state index contributed by atoms with van der Waals surface area (Å²) in [4.78, 5) is 26.1. The average Bonchev–Trinajstić information content (AvgIpc) is 2.85. The Labute approximate surface area is 119 Å². The number of fused-ring (bicyclic) bond motifs is 5. The zero-order valence-corrected chi connectivity index (χ0v) is 10.9. The number of H-pyrrole nitrogens is 1. The number of carbonyl (C=O) groups is 1. The number of nitrogens with zero attached hydrogens (tertiary/aromatic N) is 1. The predicted octanol–water partition coefficient (Wildman–Crippen LogP) is 3.48. The fourth-order valence-corrected chi connectivity index (χ4v) is 2.96. The minimum Gasteiger partial charge on any atom is -0.354 e. The third-order valence-corrected chi connectivity index (χ3v) is 3.93. The molecule has 1 aliphatic rings. The van der Waals surface area contributed by atoms with E-state index in [1.165, 1.54) is 12.1 Å². The smallest absolute Gasteiger partial charge is 0.270 e. The van der Waals surface area contributed by atoms with E-state index in [0.717, 1.165) is 27.7 Å². The highest BCUT2D eigenvalue weighted by Gasteiger charge is 2.26. The van der Waals surface area contributed by atoms with Crippen molar-refractivity contribution in [3.05, 3.63) is 63.7 Å². The number of nitro benzene ring substituents is 1. The second kappa shape index (κ2) is 4.02. The van der Waals surface area contributed by atoms with E-state index >= 15 is 0 Å². The fraction of sp³-hybridized carbons (Fsp3) is 0.0625. The molecule has 3 aromatic rings. The number of aromatic amines is 1. The lowest BCUT2D eigenvalue weighted by Crippen LogP contribution is -2.11. The normalized spacial score (nSPS) is 13.0. The zero-order valence-electron chi connectivity index (χ0n) is 10.9. The van der Waals surface area contributed by atoms with Crippen LogP contribution < -0.4 is 0 Å². The molecule has 1 N–H and O–H groups in total. The van der Waals surface area contributed by atoms with E-state index in [9.17, 15) is 14.9 Å². The van der Waals surface area contributed by atoms with Crippen molar-refractivity contribution in [3.8, 4) is 11.3 Å². The topological polar surface area (TPSA) is 76.0 Å². The monoisotopic (exact) mass is 282 g/mol. The minimum absolute atomic E-state index is 0.0376. The van der Waals surface area contributed by atoms with Crippen molar-refractivity contribution in [2.45, 2.75) is 6.42 Å². The average molecular weight is 282 g/mol. The third-order valence-electron chi connectivity index (χ3n) is 3.93. The van der Waals surface area contributed by atoms with Gasteiger partial charge in [-0.3, -0.25) is 14.9 Å². The van der Waals surface area contributed by atoms with Gasteiger partial charge in [0.15, 0.2) is 5.78 Å². The van der Waals surface area contributed by atoms with Gasteiger partial charge in [-0.1, -0.05) is 24.3 Å². The number of hydrogen-bond donors (Lipinski definition) is 1. The number of non-ortho nitro benzene ring substituents is 1. The molecule has 0 aliphatic heterocycles. The molecule has 102 valence electrons. The van der Waals surface area contributed by atoms with Crippen LogP contribution in [0.2, 0.25) is 0 Å². The van der Waals surface area contributed by atoms with E-state index in [-0.39, 0.29) is 17.9 Å². The summed E-state index contributed by atoms with van der Waals surface area (Å²) in [5, 5.41) is 11.7. The summed E-state index contributed by atoms with van der Waals surface area (Å²) in [6.07, 6.45) is 0.271. The molecule has 1 aromatic heterocycles. The van der Waals surface area contributed by atoms with Gasteiger partial charge in [0.1, 0.15) is 0 Å². The van der Waals surface area contributed by atoms with E-state index < -0.39 is 4.92 Å². The highest BCUT2D eigenvalue weighted by molar-refractivity contribution is 6.10. The van der Waals surface area contributed by atoms with Crippen LogP contribution >= 0.6 is 0 Å². The summed E-state index contributed by atoms with van der Waals surface area (Å²) >= 11 is 0. The van der Waals surface area contributed by atoms with Gasteiger partial charge < -0.3 is 4.98 Å². The van der Waals surface area contributed by atoms with Gasteiger partial charge in [0.05, 0.1) is 10.6 Å². The first-order valence-electron chi connectivity index (χ1n) is 6.57. The van der Waals surface area contributed by atoms with Crippen molar-refractivity contribution in [2.24, 2.45) is 0 Å². The third kappa shape index (κ3) is 1.61. The second-order valence-electron chi connectivity index (χ2n) is 5.11. The van der Waals surface area contributed by atoms with Crippen LogP contribution in [-0.4, -0.2) is 15.7 Å². The number of rotatable bonds is 1. The maximum atomic E-state index is 12.3. The van der Waals surface area contributed by atoms with Crippen LogP contribution in [0, 0.1) is 10.1 Å². The maximum Gasteiger partial charge on any atom is 0.270 e. The lowest BCUT2D eigenvalue weighted by Gasteiger charge is -2.15. The highest BCUT2D eigenvalue weighted by atomic mass is 16.6. The molecule has 0 bridgehead atoms. The number of Topliss-reactive ketones (excluding diaryl/α,β-unsaturated/α-hetero) is 1. The molecule has 0 saturated carbocycles. The largest absolute Gasteiger partial charge is 0.354 e. The Bertz CT molecular complexity index is 924. The van der Waals surface area contributed by atoms with Gasteiger partial charge >= 0.3 is 0 Å². The predicted molar refractivity (Wildman–Crippen MR) is 78.4 cm³/mol. The van der Waals surface area contributed by atoms with Crippen molar-refractivity contribution in [1.29, 1.82) is 0 Å². The molecule has 0 spiro atoms. The van der Waals surface area contributed by atoms with Gasteiger partial charge in [0, 0.05) is 40.6 Å². The molecule has 0 unspecified atom stereocenters. The van der Waals surface area contributed by atoms with Crippen LogP contribution in [0.5, 0.6) is 0 Å². The molecule has 1 heterocycles. The molecule has 2 aromatic carbocycles. The Kier molecular flexibility index (Phi) is 2.27. The van der Waals surface area contributed by atoms with Gasteiger partial charge in [-0.05, 0) is 11.6 Å². The molecule has 1 aliphatic carbocycles. The summed E-state index contributed by atoms with van der Waals surface area (Å²) in [7, 11) is 0. The van der Waals surface area contributed by atoms with Crippen molar-refractivity contribution < 1.29 is 9.72 Å². The van der Waals surface area contributed by atoms with E-state index in [1.54, 1.807) is 6.07 Å². The molecule has 0 radical (unpaired) electrons. The van der Waals surface area contributed by atoms with Gasteiger partial charge in [0.25, 0.3) is 5.69 Å². The van der Waals surface area contributed by atoms with Crippen LogP contribution in [0.15, 0.2) is 42.5 Å². The summed E-state index contributed by atoms with van der Waals surface area (Å²) in [6, 6.07) is 12.1. The first-order chi connectivity index (χ1) is 10.1. The number of nitro groups is 1. The van der Waals surface area contributed by atoms with Gasteiger partial charge in [-0.15, -0.1) is 0 Å². The summed E-state index contributed by atoms with van der Waals surface area (Å²) < 4.78 is 0. The summed E-state index contributed by atoms with van der Waals surface area (Å²) in [5.74, 6) is 0.0468. The second-order valence-corrected chi connectivity index (χ2v) is 5.11. The molecule has 0 amide bonds. The van der Waals surface area contributed by atoms with Crippen LogP contribution in [-0.2, 0) is 6.42 Å². The van der Waals surface area contributed by atoms with Gasteiger partial charge in [-0.2, -0.15) is 0 Å². The van der Waals surface area contributed by atoms with Crippen LogP contribution in [0.4, 0.5) is 5.69 Å². The standard InChI is InChI=1S/C16H10N2O3/c19-15-8-13-12-7-9(18(20)21)5-6-14(12)17-16(13)11-4-2-1-3-10(11)15/h1-7,17H,8H2/i13+2,16+2. The molecule has 0 saturated heterocycles. The summed E-state index contributed by atoms with van der Waals surface area (Å²) in [6.45, 7) is 0. The van der Waals surface area contributed by atoms with E-state index in [4.69, 9.17) is 0 Å². The number of carbonyl (C=O) groups excluding carboxylic acids is 1. The number of ketones is 1. The zero-order chi connectivity index (χ0) is 14.6. The number of benzene rings is 2. The first kappa shape index (κ1) is 11.8. The number of aromatic nitrogens is 1. The quantitative estimate of drug-likeness (QED) is 0.548. The van der Waals surface area contributed by atoms with Crippen molar-refractivity contribution in [2.75, 3.05) is 0 Å². The van der Waals surface area contributed by atoms with E-state index in [2.05, 4.69) is 4.98 Å². The Hall–Kier alpha value is -2.95. The lowest BCUT2D eigenvalue weighted by atomic mass is 10.1. The Morgan fingerprint density at radius 2 is 2.00 bits per heavy atom. The van der Waals surface area contributed by atoms with Crippen LogP contribution in [0.25, 0.3) is 22.2 Å². The molecular weight excluding hydrogens is 272 g/mol. The van der Waals surface area contributed by atoms with Gasteiger partial charge in [0.2, 0.25) is 0 Å². The summed E-state index contributed by atoms with van der Waals surface area (Å²) in [5.41, 5.74) is 4.15. The van der Waals surface area contributed by atoms with Crippen molar-refractivity contribution in [1.82, 2.24) is 4.98 Å². The van der Waals surface area contributed by atoms with E-state index in [1.807, 2.05) is 24.3 Å². The van der Waals surface area contributed by atoms with Crippen LogP contribution in [0.1, 0.15) is 15.9 Å². The Morgan fingerprint density at radius 1 is 1.19 bits per heavy atom. The SMILES string of the molecule is O=C1C[14c]2c3cc([N+](=O)[O-])ccc3[nH][14c]2-c2ccccc21.